The van der Waals surface area contributed by atoms with Gasteiger partial charge < -0.3 is 0 Å². The summed E-state index contributed by atoms with van der Waals surface area (Å²) in [5, 5.41) is 0. The molecule has 1 heteroatoms. The third kappa shape index (κ3) is 1.94. The van der Waals surface area contributed by atoms with Crippen LogP contribution in [0, 0.1) is 6.92 Å². The fraction of sp³-hybridized carbons (Fsp3) is 0.0909. The number of allylic oxidation sites excluding steroid dienone is 1. The lowest BCUT2D eigenvalue weighted by Gasteiger charge is -1.95. The van der Waals surface area contributed by atoms with E-state index in [0.717, 1.165) is 5.56 Å². The first-order valence-electron chi connectivity index (χ1n) is 3.71. The average Bonchev–Trinajstić information content (AvgIpc) is 2.05. The third-order valence-electron chi connectivity index (χ3n) is 1.54. The molecule has 0 saturated heterocycles. The highest BCUT2D eigenvalue weighted by atomic mass is 16.1. The normalized spacial score (nSPS) is 8.75. The van der Waals surface area contributed by atoms with E-state index in [9.17, 15) is 4.79 Å². The van der Waals surface area contributed by atoms with Crippen molar-refractivity contribution < 1.29 is 4.79 Å². The molecular weight excluding hydrogens is 148 g/mol. The Morgan fingerprint density at radius 3 is 2.92 bits per heavy atom. The van der Waals surface area contributed by atoms with Gasteiger partial charge >= 0.3 is 0 Å². The van der Waals surface area contributed by atoms with Gasteiger partial charge in [0.25, 0.3) is 0 Å². The van der Waals surface area contributed by atoms with Crippen LogP contribution in [0.4, 0.5) is 0 Å². The first-order valence-corrected chi connectivity index (χ1v) is 3.71. The van der Waals surface area contributed by atoms with Crippen molar-refractivity contribution in [1.29, 1.82) is 0 Å². The quantitative estimate of drug-likeness (QED) is 0.367. The fourth-order valence-corrected chi connectivity index (χ4v) is 0.974. The predicted octanol–water partition coefficient (Wildman–Crippen LogP) is 2.52. The summed E-state index contributed by atoms with van der Waals surface area (Å²) >= 11 is 0. The SMILES string of the molecule is C=C=CC(=O)c1cccc(C)c1. The van der Waals surface area contributed by atoms with Crippen LogP contribution in [0.3, 0.4) is 0 Å². The highest BCUT2D eigenvalue weighted by molar-refractivity contribution is 6.04. The number of hydrogen-bond donors (Lipinski definition) is 0. The zero-order valence-corrected chi connectivity index (χ0v) is 7.00. The first kappa shape index (κ1) is 8.51. The van der Waals surface area contributed by atoms with Crippen LogP contribution in [0.15, 0.2) is 42.7 Å². The van der Waals surface area contributed by atoms with Crippen LogP contribution in [-0.2, 0) is 0 Å². The van der Waals surface area contributed by atoms with E-state index >= 15 is 0 Å². The van der Waals surface area contributed by atoms with Crippen molar-refractivity contribution in [3.05, 3.63) is 53.8 Å². The number of hydrogen-bond acceptors (Lipinski definition) is 1. The zero-order valence-electron chi connectivity index (χ0n) is 7.00. The van der Waals surface area contributed by atoms with Gasteiger partial charge in [-0.25, -0.2) is 0 Å². The minimum absolute atomic E-state index is 0.0475. The maximum atomic E-state index is 11.2. The molecule has 0 unspecified atom stereocenters. The van der Waals surface area contributed by atoms with Crippen LogP contribution in [0.25, 0.3) is 0 Å². The largest absolute Gasteiger partial charge is 0.289 e. The van der Waals surface area contributed by atoms with Gasteiger partial charge in [-0.05, 0) is 13.0 Å². The summed E-state index contributed by atoms with van der Waals surface area (Å²) in [5.41, 5.74) is 4.23. The Hall–Kier alpha value is -1.59. The van der Waals surface area contributed by atoms with Gasteiger partial charge in [0.1, 0.15) is 0 Å². The molecule has 0 spiro atoms. The summed E-state index contributed by atoms with van der Waals surface area (Å²) in [7, 11) is 0. The Balaban J connectivity index is 3.03. The van der Waals surface area contributed by atoms with Crippen molar-refractivity contribution in [2.75, 3.05) is 0 Å². The Morgan fingerprint density at radius 1 is 1.58 bits per heavy atom. The van der Waals surface area contributed by atoms with Gasteiger partial charge in [0, 0.05) is 11.6 Å². The second-order valence-electron chi connectivity index (χ2n) is 2.58. The van der Waals surface area contributed by atoms with Crippen LogP contribution < -0.4 is 0 Å². The molecule has 1 aromatic rings. The topological polar surface area (TPSA) is 17.1 Å². The van der Waals surface area contributed by atoms with Crippen LogP contribution in [0.5, 0.6) is 0 Å². The average molecular weight is 158 g/mol. The lowest BCUT2D eigenvalue weighted by atomic mass is 10.1. The van der Waals surface area contributed by atoms with E-state index in [1.165, 1.54) is 6.08 Å². The monoisotopic (exact) mass is 158 g/mol. The van der Waals surface area contributed by atoms with Crippen LogP contribution >= 0.6 is 0 Å². The highest BCUT2D eigenvalue weighted by Gasteiger charge is 1.99. The Morgan fingerprint density at radius 2 is 2.33 bits per heavy atom. The summed E-state index contributed by atoms with van der Waals surface area (Å²) < 4.78 is 0. The summed E-state index contributed by atoms with van der Waals surface area (Å²) in [4.78, 5) is 11.2. The molecule has 0 aliphatic rings. The van der Waals surface area contributed by atoms with E-state index in [1.54, 1.807) is 6.07 Å². The van der Waals surface area contributed by atoms with Gasteiger partial charge in [0.05, 0.1) is 0 Å². The molecule has 0 amide bonds. The molecule has 0 atom stereocenters. The van der Waals surface area contributed by atoms with Crippen molar-refractivity contribution in [3.8, 4) is 0 Å². The van der Waals surface area contributed by atoms with Crippen molar-refractivity contribution in [3.63, 3.8) is 0 Å². The van der Waals surface area contributed by atoms with Gasteiger partial charge in [-0.15, -0.1) is 5.73 Å². The smallest absolute Gasteiger partial charge is 0.193 e. The second-order valence-corrected chi connectivity index (χ2v) is 2.58. The van der Waals surface area contributed by atoms with E-state index in [4.69, 9.17) is 0 Å². The third-order valence-corrected chi connectivity index (χ3v) is 1.54. The molecule has 0 bridgehead atoms. The molecule has 1 nitrogen and oxygen atoms in total. The summed E-state index contributed by atoms with van der Waals surface area (Å²) in [6.07, 6.45) is 1.34. The van der Waals surface area contributed by atoms with E-state index in [-0.39, 0.29) is 5.78 Å². The van der Waals surface area contributed by atoms with Crippen molar-refractivity contribution >= 4 is 5.78 Å². The number of rotatable bonds is 2. The summed E-state index contributed by atoms with van der Waals surface area (Å²) in [5.74, 6) is -0.0475. The zero-order chi connectivity index (χ0) is 8.97. The standard InChI is InChI=1S/C11H10O/c1-3-5-11(12)10-7-4-6-9(2)8-10/h4-8H,1H2,2H3. The van der Waals surface area contributed by atoms with Crippen LogP contribution in [-0.4, -0.2) is 5.78 Å². The van der Waals surface area contributed by atoms with Crippen LogP contribution in [0.2, 0.25) is 0 Å². The molecule has 0 saturated carbocycles. The molecule has 0 aromatic heterocycles. The molecule has 60 valence electrons. The van der Waals surface area contributed by atoms with E-state index in [2.05, 4.69) is 12.3 Å². The fourth-order valence-electron chi connectivity index (χ4n) is 0.974. The number of benzene rings is 1. The summed E-state index contributed by atoms with van der Waals surface area (Å²) in [6.45, 7) is 5.30. The minimum Gasteiger partial charge on any atom is -0.289 e. The molecule has 0 heterocycles. The van der Waals surface area contributed by atoms with E-state index in [0.29, 0.717) is 5.56 Å². The Kier molecular flexibility index (Phi) is 2.62. The molecule has 0 fully saturated rings. The van der Waals surface area contributed by atoms with Crippen LogP contribution in [0.1, 0.15) is 15.9 Å². The molecule has 1 aromatic carbocycles. The summed E-state index contributed by atoms with van der Waals surface area (Å²) in [6, 6.07) is 7.44. The highest BCUT2D eigenvalue weighted by Crippen LogP contribution is 2.04. The lowest BCUT2D eigenvalue weighted by Crippen LogP contribution is -1.93. The molecule has 1 rings (SSSR count). The molecule has 0 radical (unpaired) electrons. The molecular formula is C11H10O. The van der Waals surface area contributed by atoms with E-state index in [1.807, 2.05) is 25.1 Å². The molecule has 0 aliphatic carbocycles. The number of carbonyl (C=O) groups excluding carboxylic acids is 1. The van der Waals surface area contributed by atoms with E-state index < -0.39 is 0 Å². The maximum Gasteiger partial charge on any atom is 0.193 e. The number of ketones is 1. The Bertz CT molecular complexity index is 344. The lowest BCUT2D eigenvalue weighted by molar-refractivity contribution is 0.104. The number of carbonyl (C=O) groups is 1. The predicted molar refractivity (Wildman–Crippen MR) is 49.2 cm³/mol. The molecule has 12 heavy (non-hydrogen) atoms. The van der Waals surface area contributed by atoms with Gasteiger partial charge in [0.15, 0.2) is 5.78 Å². The number of aryl methyl sites for hydroxylation is 1. The van der Waals surface area contributed by atoms with Crippen molar-refractivity contribution in [2.24, 2.45) is 0 Å². The maximum absolute atomic E-state index is 11.2. The van der Waals surface area contributed by atoms with Crippen molar-refractivity contribution in [1.82, 2.24) is 0 Å². The molecule has 0 aliphatic heterocycles. The van der Waals surface area contributed by atoms with Gasteiger partial charge in [-0.3, -0.25) is 4.79 Å². The van der Waals surface area contributed by atoms with Gasteiger partial charge in [0.2, 0.25) is 0 Å². The minimum atomic E-state index is -0.0475. The van der Waals surface area contributed by atoms with Crippen molar-refractivity contribution in [2.45, 2.75) is 6.92 Å². The Labute approximate surface area is 72.0 Å². The second kappa shape index (κ2) is 3.70. The molecule has 0 N–H and O–H groups in total. The first-order chi connectivity index (χ1) is 5.74. The van der Waals surface area contributed by atoms with Gasteiger partial charge in [-0.1, -0.05) is 30.3 Å². The van der Waals surface area contributed by atoms with Gasteiger partial charge in [-0.2, -0.15) is 0 Å².